The van der Waals surface area contributed by atoms with Crippen LogP contribution in [0.1, 0.15) is 18.4 Å². The maximum atomic E-state index is 14.2. The predicted molar refractivity (Wildman–Crippen MR) is 77.9 cm³/mol. The van der Waals surface area contributed by atoms with Gasteiger partial charge in [-0.25, -0.2) is 8.78 Å². The molecule has 1 N–H and O–H groups in total. The monoisotopic (exact) mass is 310 g/mol. The number of amides is 1. The van der Waals surface area contributed by atoms with Crippen LogP contribution in [-0.2, 0) is 11.3 Å². The molecule has 1 aromatic rings. The summed E-state index contributed by atoms with van der Waals surface area (Å²) in [5, 5.41) is 2.70. The maximum Gasteiger partial charge on any atom is 0.261 e. The van der Waals surface area contributed by atoms with Gasteiger partial charge in [0.05, 0.1) is 19.1 Å². The summed E-state index contributed by atoms with van der Waals surface area (Å²) in [7, 11) is 1.57. The third-order valence-electron chi connectivity index (χ3n) is 4.54. The number of ether oxygens (including phenoxy) is 1. The van der Waals surface area contributed by atoms with Crippen molar-refractivity contribution in [3.63, 3.8) is 0 Å². The van der Waals surface area contributed by atoms with Crippen LogP contribution in [0.25, 0.3) is 0 Å². The fourth-order valence-corrected chi connectivity index (χ4v) is 3.64. The summed E-state index contributed by atoms with van der Waals surface area (Å²) in [6, 6.07) is 7.39. The third-order valence-corrected chi connectivity index (χ3v) is 4.54. The normalized spacial score (nSPS) is 27.9. The summed E-state index contributed by atoms with van der Waals surface area (Å²) in [6.07, 6.45) is 0.123. The third kappa shape index (κ3) is 2.79. The predicted octanol–water partition coefficient (Wildman–Crippen LogP) is 2.04. The number of carbonyl (C=O) groups excluding carboxylic acids is 1. The van der Waals surface area contributed by atoms with E-state index in [0.717, 1.165) is 5.56 Å². The van der Waals surface area contributed by atoms with Gasteiger partial charge in [0.2, 0.25) is 5.91 Å². The lowest BCUT2D eigenvalue weighted by molar-refractivity contribution is -0.149. The Morgan fingerprint density at radius 1 is 1.32 bits per heavy atom. The molecule has 0 radical (unpaired) electrons. The standard InChI is InChI=1S/C16H20F2N2O2/c1-22-13-5-3-2-4-12(13)8-20-10-15(6-7-19-14(15)21)9-16(17,18)11-20/h2-5H,6-11H2,1H3,(H,19,21)/t15-/m1/s1. The summed E-state index contributed by atoms with van der Waals surface area (Å²) >= 11 is 0. The Kier molecular flexibility index (Phi) is 3.80. The summed E-state index contributed by atoms with van der Waals surface area (Å²) in [6.45, 7) is 0.887. The topological polar surface area (TPSA) is 41.6 Å². The number of hydrogen-bond donors (Lipinski definition) is 1. The maximum absolute atomic E-state index is 14.2. The lowest BCUT2D eigenvalue weighted by Crippen LogP contribution is -2.54. The number of carbonyl (C=O) groups is 1. The van der Waals surface area contributed by atoms with Crippen molar-refractivity contribution in [2.75, 3.05) is 26.7 Å². The average molecular weight is 310 g/mol. The molecule has 1 aromatic carbocycles. The van der Waals surface area contributed by atoms with E-state index >= 15 is 0 Å². The number of rotatable bonds is 3. The van der Waals surface area contributed by atoms with E-state index in [2.05, 4.69) is 5.32 Å². The number of para-hydroxylation sites is 1. The van der Waals surface area contributed by atoms with E-state index in [9.17, 15) is 13.6 Å². The smallest absolute Gasteiger partial charge is 0.261 e. The number of benzene rings is 1. The molecule has 6 heteroatoms. The number of piperidine rings is 1. The van der Waals surface area contributed by atoms with Gasteiger partial charge in [0, 0.05) is 31.6 Å². The van der Waals surface area contributed by atoms with Crippen molar-refractivity contribution in [2.45, 2.75) is 25.3 Å². The van der Waals surface area contributed by atoms with Gasteiger partial charge in [0.15, 0.2) is 0 Å². The minimum Gasteiger partial charge on any atom is -0.496 e. The summed E-state index contributed by atoms with van der Waals surface area (Å²) in [4.78, 5) is 13.7. The highest BCUT2D eigenvalue weighted by molar-refractivity contribution is 5.85. The lowest BCUT2D eigenvalue weighted by Gasteiger charge is -2.42. The Balaban J connectivity index is 1.83. The molecule has 0 aliphatic carbocycles. The second kappa shape index (κ2) is 5.50. The van der Waals surface area contributed by atoms with Gasteiger partial charge in [-0.05, 0) is 12.5 Å². The molecule has 2 aliphatic heterocycles. The molecule has 1 spiro atoms. The van der Waals surface area contributed by atoms with E-state index in [1.165, 1.54) is 0 Å². The zero-order valence-corrected chi connectivity index (χ0v) is 12.6. The number of methoxy groups -OCH3 is 1. The highest BCUT2D eigenvalue weighted by Crippen LogP contribution is 2.43. The zero-order chi connectivity index (χ0) is 15.8. The molecular formula is C16H20F2N2O2. The molecule has 0 bridgehead atoms. The first kappa shape index (κ1) is 15.2. The second-order valence-corrected chi connectivity index (χ2v) is 6.28. The molecule has 0 saturated carbocycles. The molecule has 2 saturated heterocycles. The van der Waals surface area contributed by atoms with Crippen LogP contribution in [0.3, 0.4) is 0 Å². The minimum absolute atomic E-state index is 0.239. The van der Waals surface area contributed by atoms with E-state index in [1.807, 2.05) is 24.3 Å². The van der Waals surface area contributed by atoms with Crippen molar-refractivity contribution >= 4 is 5.91 Å². The Hall–Kier alpha value is -1.69. The molecule has 0 aromatic heterocycles. The first-order valence-corrected chi connectivity index (χ1v) is 7.45. The number of nitrogens with one attached hydrogen (secondary N) is 1. The Labute approximate surface area is 128 Å². The Bertz CT molecular complexity index is 579. The molecular weight excluding hydrogens is 290 g/mol. The van der Waals surface area contributed by atoms with E-state index in [0.29, 0.717) is 31.8 Å². The number of alkyl halides is 2. The van der Waals surface area contributed by atoms with Gasteiger partial charge in [-0.2, -0.15) is 0 Å². The molecule has 2 heterocycles. The first-order valence-electron chi connectivity index (χ1n) is 7.45. The largest absolute Gasteiger partial charge is 0.496 e. The molecule has 120 valence electrons. The van der Waals surface area contributed by atoms with Gasteiger partial charge < -0.3 is 10.1 Å². The number of likely N-dealkylation sites (tertiary alicyclic amines) is 1. The number of nitrogens with zero attached hydrogens (tertiary/aromatic N) is 1. The SMILES string of the molecule is COc1ccccc1CN1CC(F)(F)C[C@]2(CCNC2=O)C1. The number of halogens is 2. The zero-order valence-electron chi connectivity index (χ0n) is 12.6. The Morgan fingerprint density at radius 2 is 2.09 bits per heavy atom. The molecule has 2 fully saturated rings. The quantitative estimate of drug-likeness (QED) is 0.929. The van der Waals surface area contributed by atoms with Crippen molar-refractivity contribution < 1.29 is 18.3 Å². The molecule has 2 aliphatic rings. The van der Waals surface area contributed by atoms with Crippen molar-refractivity contribution in [3.8, 4) is 5.75 Å². The van der Waals surface area contributed by atoms with Gasteiger partial charge in [-0.3, -0.25) is 9.69 Å². The minimum atomic E-state index is -2.85. The van der Waals surface area contributed by atoms with E-state index in [-0.39, 0.29) is 18.9 Å². The first-order chi connectivity index (χ1) is 10.4. The lowest BCUT2D eigenvalue weighted by atomic mass is 9.77. The summed E-state index contributed by atoms with van der Waals surface area (Å²) in [5.41, 5.74) is -0.0970. The van der Waals surface area contributed by atoms with Crippen LogP contribution in [0.4, 0.5) is 8.78 Å². The van der Waals surface area contributed by atoms with Gasteiger partial charge in [-0.15, -0.1) is 0 Å². The van der Waals surface area contributed by atoms with Crippen LogP contribution in [0.5, 0.6) is 5.75 Å². The fourth-order valence-electron chi connectivity index (χ4n) is 3.64. The Morgan fingerprint density at radius 3 is 2.77 bits per heavy atom. The van der Waals surface area contributed by atoms with Crippen molar-refractivity contribution in [1.29, 1.82) is 0 Å². The van der Waals surface area contributed by atoms with E-state index in [4.69, 9.17) is 4.74 Å². The van der Waals surface area contributed by atoms with E-state index < -0.39 is 11.3 Å². The molecule has 22 heavy (non-hydrogen) atoms. The van der Waals surface area contributed by atoms with Crippen LogP contribution in [0, 0.1) is 5.41 Å². The number of hydrogen-bond acceptors (Lipinski definition) is 3. The molecule has 0 unspecified atom stereocenters. The van der Waals surface area contributed by atoms with Gasteiger partial charge in [-0.1, -0.05) is 18.2 Å². The summed E-state index contributed by atoms with van der Waals surface area (Å²) in [5.74, 6) is -2.40. The van der Waals surface area contributed by atoms with Crippen molar-refractivity contribution in [3.05, 3.63) is 29.8 Å². The van der Waals surface area contributed by atoms with Crippen LogP contribution in [0.15, 0.2) is 24.3 Å². The van der Waals surface area contributed by atoms with Crippen molar-refractivity contribution in [1.82, 2.24) is 10.2 Å². The van der Waals surface area contributed by atoms with Gasteiger partial charge >= 0.3 is 0 Å². The highest BCUT2D eigenvalue weighted by Gasteiger charge is 2.54. The van der Waals surface area contributed by atoms with E-state index in [1.54, 1.807) is 12.0 Å². The summed E-state index contributed by atoms with van der Waals surface area (Å²) < 4.78 is 33.6. The molecule has 4 nitrogen and oxygen atoms in total. The van der Waals surface area contributed by atoms with Crippen LogP contribution in [-0.4, -0.2) is 43.5 Å². The molecule has 1 amide bonds. The van der Waals surface area contributed by atoms with Crippen molar-refractivity contribution in [2.24, 2.45) is 5.41 Å². The van der Waals surface area contributed by atoms with Crippen LogP contribution in [0.2, 0.25) is 0 Å². The second-order valence-electron chi connectivity index (χ2n) is 6.28. The van der Waals surface area contributed by atoms with Gasteiger partial charge in [0.1, 0.15) is 5.75 Å². The van der Waals surface area contributed by atoms with Crippen LogP contribution < -0.4 is 10.1 Å². The highest BCUT2D eigenvalue weighted by atomic mass is 19.3. The van der Waals surface area contributed by atoms with Crippen LogP contribution >= 0.6 is 0 Å². The molecule has 1 atom stereocenters. The average Bonchev–Trinajstić information content (AvgIpc) is 2.77. The fraction of sp³-hybridized carbons (Fsp3) is 0.562. The van der Waals surface area contributed by atoms with Gasteiger partial charge in [0.25, 0.3) is 5.92 Å². The molecule has 3 rings (SSSR count).